The first kappa shape index (κ1) is 14.1. The minimum atomic E-state index is -0.500. The van der Waals surface area contributed by atoms with Crippen LogP contribution in [0.3, 0.4) is 0 Å². The van der Waals surface area contributed by atoms with Crippen LogP contribution in [0, 0.1) is 6.92 Å². The van der Waals surface area contributed by atoms with E-state index in [0.29, 0.717) is 5.69 Å². The number of benzene rings is 1. The van der Waals surface area contributed by atoms with E-state index in [1.54, 1.807) is 12.3 Å². The number of nitrogens with two attached hydrogens (primary N) is 1. The number of aromatic nitrogens is 1. The third-order valence-corrected chi connectivity index (χ3v) is 3.15. The first-order chi connectivity index (χ1) is 9.59. The topological polar surface area (TPSA) is 68.0 Å². The van der Waals surface area contributed by atoms with E-state index in [0.717, 1.165) is 11.1 Å². The first-order valence-corrected chi connectivity index (χ1v) is 6.57. The van der Waals surface area contributed by atoms with Crippen molar-refractivity contribution in [2.45, 2.75) is 13.0 Å². The summed E-state index contributed by atoms with van der Waals surface area (Å²) < 4.78 is 0. The fourth-order valence-corrected chi connectivity index (χ4v) is 2.08. The molecule has 0 spiro atoms. The third kappa shape index (κ3) is 3.19. The summed E-state index contributed by atoms with van der Waals surface area (Å²) in [6.45, 7) is 1.83. The molecule has 3 N–H and O–H groups in total. The number of aryl methyl sites for hydroxylation is 1. The predicted molar refractivity (Wildman–Crippen MR) is 82.4 cm³/mol. The average molecular weight is 285 g/mol. The Hall–Kier alpha value is -2.27. The van der Waals surface area contributed by atoms with Crippen LogP contribution in [0.1, 0.15) is 27.7 Å². The van der Waals surface area contributed by atoms with Gasteiger partial charge in [-0.3, -0.25) is 9.78 Å². The average Bonchev–Trinajstić information content (AvgIpc) is 2.45. The summed E-state index contributed by atoms with van der Waals surface area (Å²) in [4.78, 5) is 16.6. The lowest BCUT2D eigenvalue weighted by atomic mass is 10.1. The van der Waals surface area contributed by atoms with Gasteiger partial charge in [0.2, 0.25) is 0 Å². The maximum absolute atomic E-state index is 12.3. The molecule has 0 saturated heterocycles. The highest BCUT2D eigenvalue weighted by molar-refractivity contribution is 7.80. The van der Waals surface area contributed by atoms with Crippen LogP contribution in [0.2, 0.25) is 0 Å². The second-order valence-electron chi connectivity index (χ2n) is 4.39. The number of hydrogen-bond acceptors (Lipinski definition) is 3. The van der Waals surface area contributed by atoms with Crippen molar-refractivity contribution in [2.24, 2.45) is 5.73 Å². The van der Waals surface area contributed by atoms with Crippen molar-refractivity contribution in [3.8, 4) is 0 Å². The van der Waals surface area contributed by atoms with Crippen molar-refractivity contribution in [1.29, 1.82) is 0 Å². The molecule has 20 heavy (non-hydrogen) atoms. The Bertz CT molecular complexity index is 628. The Morgan fingerprint density at radius 2 is 1.95 bits per heavy atom. The summed E-state index contributed by atoms with van der Waals surface area (Å²) in [5, 5.41) is 2.82. The molecular weight excluding hydrogens is 270 g/mol. The summed E-state index contributed by atoms with van der Waals surface area (Å²) >= 11 is 5.04. The highest BCUT2D eigenvalue weighted by Crippen LogP contribution is 2.14. The van der Waals surface area contributed by atoms with Gasteiger partial charge in [0.05, 0.1) is 0 Å². The van der Waals surface area contributed by atoms with Gasteiger partial charge < -0.3 is 11.1 Å². The predicted octanol–water partition coefficient (Wildman–Crippen LogP) is 2.15. The maximum atomic E-state index is 12.3. The van der Waals surface area contributed by atoms with Crippen molar-refractivity contribution < 1.29 is 4.79 Å². The lowest BCUT2D eigenvalue weighted by Gasteiger charge is -2.18. The van der Waals surface area contributed by atoms with E-state index in [2.05, 4.69) is 10.3 Å². The number of pyridine rings is 1. The molecular formula is C15H15N3OS. The first-order valence-electron chi connectivity index (χ1n) is 6.16. The molecule has 1 aromatic carbocycles. The molecule has 0 fully saturated rings. The molecule has 0 bridgehead atoms. The van der Waals surface area contributed by atoms with Crippen LogP contribution in [0.5, 0.6) is 0 Å². The van der Waals surface area contributed by atoms with E-state index < -0.39 is 6.04 Å². The van der Waals surface area contributed by atoms with Gasteiger partial charge in [-0.25, -0.2) is 0 Å². The van der Waals surface area contributed by atoms with Gasteiger partial charge in [-0.05, 0) is 24.1 Å². The van der Waals surface area contributed by atoms with E-state index in [4.69, 9.17) is 18.0 Å². The number of carbonyl (C=O) groups excluding carboxylic acids is 1. The molecule has 0 aliphatic rings. The summed E-state index contributed by atoms with van der Waals surface area (Å²) in [5.41, 5.74) is 7.76. The molecule has 1 aromatic heterocycles. The number of nitrogens with zero attached hydrogens (tertiary/aromatic N) is 1. The Morgan fingerprint density at radius 1 is 1.25 bits per heavy atom. The second kappa shape index (κ2) is 6.25. The molecule has 1 heterocycles. The normalized spacial score (nSPS) is 11.7. The fourth-order valence-electron chi connectivity index (χ4n) is 1.89. The molecule has 0 aliphatic heterocycles. The molecule has 2 rings (SSSR count). The second-order valence-corrected chi connectivity index (χ2v) is 4.86. The quantitative estimate of drug-likeness (QED) is 0.845. The Morgan fingerprint density at radius 3 is 2.55 bits per heavy atom. The molecule has 0 saturated carbocycles. The zero-order chi connectivity index (χ0) is 14.5. The van der Waals surface area contributed by atoms with Crippen molar-refractivity contribution >= 4 is 23.1 Å². The largest absolute Gasteiger partial charge is 0.391 e. The summed E-state index contributed by atoms with van der Waals surface area (Å²) in [6, 6.07) is 12.5. The molecule has 0 aliphatic carbocycles. The van der Waals surface area contributed by atoms with Crippen LogP contribution in [0.15, 0.2) is 48.7 Å². The molecule has 1 unspecified atom stereocenters. The maximum Gasteiger partial charge on any atom is 0.270 e. The molecule has 1 amide bonds. The molecule has 2 aromatic rings. The zero-order valence-corrected chi connectivity index (χ0v) is 11.9. The van der Waals surface area contributed by atoms with Crippen LogP contribution in [-0.2, 0) is 0 Å². The Kier molecular flexibility index (Phi) is 4.42. The van der Waals surface area contributed by atoms with Crippen molar-refractivity contribution in [2.75, 3.05) is 0 Å². The highest BCUT2D eigenvalue weighted by atomic mass is 32.1. The van der Waals surface area contributed by atoms with Gasteiger partial charge >= 0.3 is 0 Å². The number of hydrogen-bond donors (Lipinski definition) is 2. The smallest absolute Gasteiger partial charge is 0.270 e. The van der Waals surface area contributed by atoms with Gasteiger partial charge in [0.1, 0.15) is 16.7 Å². The van der Waals surface area contributed by atoms with Crippen molar-refractivity contribution in [3.63, 3.8) is 0 Å². The fraction of sp³-hybridized carbons (Fsp3) is 0.133. The molecule has 0 radical (unpaired) electrons. The minimum absolute atomic E-state index is 0.220. The lowest BCUT2D eigenvalue weighted by molar-refractivity contribution is 0.0941. The summed E-state index contributed by atoms with van der Waals surface area (Å²) in [6.07, 6.45) is 1.58. The highest BCUT2D eigenvalue weighted by Gasteiger charge is 2.19. The van der Waals surface area contributed by atoms with Crippen molar-refractivity contribution in [1.82, 2.24) is 10.3 Å². The monoisotopic (exact) mass is 285 g/mol. The zero-order valence-electron chi connectivity index (χ0n) is 11.0. The SMILES string of the molecule is Cc1cccnc1C(=O)NC(C(N)=S)c1ccccc1. The standard InChI is InChI=1S/C15H15N3OS/c1-10-6-5-9-17-12(10)15(19)18-13(14(16)20)11-7-3-2-4-8-11/h2-9,13H,1H3,(H2,16,20)(H,18,19). The lowest BCUT2D eigenvalue weighted by Crippen LogP contribution is -2.37. The summed E-state index contributed by atoms with van der Waals surface area (Å²) in [7, 11) is 0. The van der Waals surface area contributed by atoms with Gasteiger partial charge in [-0.2, -0.15) is 0 Å². The van der Waals surface area contributed by atoms with Gasteiger partial charge in [0.25, 0.3) is 5.91 Å². The van der Waals surface area contributed by atoms with Crippen LogP contribution in [-0.4, -0.2) is 15.9 Å². The number of amides is 1. The summed E-state index contributed by atoms with van der Waals surface area (Å²) in [5.74, 6) is -0.287. The van der Waals surface area contributed by atoms with Gasteiger partial charge in [-0.1, -0.05) is 48.6 Å². The number of rotatable bonds is 4. The van der Waals surface area contributed by atoms with E-state index in [-0.39, 0.29) is 10.9 Å². The van der Waals surface area contributed by atoms with E-state index in [1.165, 1.54) is 0 Å². The molecule has 102 valence electrons. The minimum Gasteiger partial charge on any atom is -0.391 e. The number of carbonyl (C=O) groups is 1. The van der Waals surface area contributed by atoms with Gasteiger partial charge in [0, 0.05) is 6.20 Å². The third-order valence-electron chi connectivity index (χ3n) is 2.92. The number of nitrogens with one attached hydrogen (secondary N) is 1. The van der Waals surface area contributed by atoms with E-state index >= 15 is 0 Å². The van der Waals surface area contributed by atoms with Gasteiger partial charge in [-0.15, -0.1) is 0 Å². The molecule has 5 heteroatoms. The van der Waals surface area contributed by atoms with E-state index in [1.807, 2.05) is 43.3 Å². The van der Waals surface area contributed by atoms with Crippen LogP contribution in [0.25, 0.3) is 0 Å². The number of thiocarbonyl (C=S) groups is 1. The van der Waals surface area contributed by atoms with Crippen LogP contribution in [0.4, 0.5) is 0 Å². The van der Waals surface area contributed by atoms with Gasteiger partial charge in [0.15, 0.2) is 0 Å². The van der Waals surface area contributed by atoms with Crippen LogP contribution >= 0.6 is 12.2 Å². The molecule has 4 nitrogen and oxygen atoms in total. The Balaban J connectivity index is 2.24. The Labute approximate surface area is 123 Å². The van der Waals surface area contributed by atoms with E-state index in [9.17, 15) is 4.79 Å². The molecule has 1 atom stereocenters. The van der Waals surface area contributed by atoms with Crippen molar-refractivity contribution in [3.05, 3.63) is 65.5 Å². The van der Waals surface area contributed by atoms with Crippen LogP contribution < -0.4 is 11.1 Å².